The standard InChI is InChI=1S/C35H30N4O3/c1-20-8-11-23(12-9-20)32-31-28(27-6-4-5-7-29(27)37-31)19-30-34(41)38(35(42)39(30)32)26-16-13-24(14-17-26)33(40)36-25-15-10-21(2)22(3)18-25/h4-18,30,32,37H,19H2,1-3H3,(H,36,40)/t30-,32?/m0/s1. The van der Waals surface area contributed by atoms with Crippen molar-refractivity contribution < 1.29 is 14.4 Å². The van der Waals surface area contributed by atoms with Gasteiger partial charge in [0.25, 0.3) is 11.8 Å². The molecule has 1 unspecified atom stereocenters. The number of nitrogens with zero attached hydrogens (tertiary/aromatic N) is 2. The molecule has 7 rings (SSSR count). The average Bonchev–Trinajstić information content (AvgIpc) is 3.48. The maximum Gasteiger partial charge on any atom is 0.332 e. The molecule has 4 amide bonds. The molecule has 2 atom stereocenters. The predicted molar refractivity (Wildman–Crippen MR) is 164 cm³/mol. The van der Waals surface area contributed by atoms with Crippen LogP contribution < -0.4 is 10.2 Å². The number of hydrogen-bond donors (Lipinski definition) is 2. The Labute approximate surface area is 243 Å². The fourth-order valence-corrected chi connectivity index (χ4v) is 6.19. The Kier molecular flexibility index (Phi) is 5.97. The van der Waals surface area contributed by atoms with Gasteiger partial charge in [-0.1, -0.05) is 54.1 Å². The van der Waals surface area contributed by atoms with E-state index in [4.69, 9.17) is 0 Å². The van der Waals surface area contributed by atoms with E-state index in [-0.39, 0.29) is 17.8 Å². The number of amides is 4. The van der Waals surface area contributed by atoms with Crippen molar-refractivity contribution in [3.8, 4) is 0 Å². The molecule has 3 heterocycles. The first-order valence-electron chi connectivity index (χ1n) is 14.1. The van der Waals surface area contributed by atoms with E-state index in [9.17, 15) is 14.4 Å². The lowest BCUT2D eigenvalue weighted by molar-refractivity contribution is -0.120. The molecule has 2 N–H and O–H groups in total. The minimum Gasteiger partial charge on any atom is -0.356 e. The molecule has 1 saturated heterocycles. The molecular weight excluding hydrogens is 524 g/mol. The smallest absolute Gasteiger partial charge is 0.332 e. The summed E-state index contributed by atoms with van der Waals surface area (Å²) in [6, 6.07) is 27.2. The molecule has 42 heavy (non-hydrogen) atoms. The van der Waals surface area contributed by atoms with Crippen molar-refractivity contribution in [1.82, 2.24) is 9.88 Å². The van der Waals surface area contributed by atoms with Gasteiger partial charge in [-0.25, -0.2) is 9.69 Å². The van der Waals surface area contributed by atoms with Gasteiger partial charge in [0.1, 0.15) is 12.1 Å². The highest BCUT2D eigenvalue weighted by Gasteiger charge is 2.53. The number of para-hydroxylation sites is 1. The number of anilines is 2. The second kappa shape index (κ2) is 9.73. The Morgan fingerprint density at radius 2 is 1.60 bits per heavy atom. The molecular formula is C35H30N4O3. The predicted octanol–water partition coefficient (Wildman–Crippen LogP) is 6.83. The molecule has 5 aromatic rings. The Bertz CT molecular complexity index is 1890. The van der Waals surface area contributed by atoms with E-state index < -0.39 is 12.1 Å². The molecule has 4 aromatic carbocycles. The number of aryl methyl sites for hydroxylation is 3. The molecule has 0 bridgehead atoms. The minimum atomic E-state index is -0.636. The highest BCUT2D eigenvalue weighted by Crippen LogP contribution is 2.44. The number of carbonyl (C=O) groups excluding carboxylic acids is 3. The normalized spacial score (nSPS) is 17.9. The van der Waals surface area contributed by atoms with Crippen LogP contribution in [0.4, 0.5) is 16.2 Å². The molecule has 1 fully saturated rings. The first kappa shape index (κ1) is 25.8. The van der Waals surface area contributed by atoms with Crippen LogP contribution in [-0.2, 0) is 11.2 Å². The van der Waals surface area contributed by atoms with Crippen LogP contribution in [0.15, 0.2) is 91.0 Å². The third-order valence-corrected chi connectivity index (χ3v) is 8.59. The lowest BCUT2D eigenvalue weighted by Gasteiger charge is -2.36. The van der Waals surface area contributed by atoms with Crippen molar-refractivity contribution in [1.29, 1.82) is 0 Å². The van der Waals surface area contributed by atoms with Crippen LogP contribution in [0.3, 0.4) is 0 Å². The van der Waals surface area contributed by atoms with Crippen molar-refractivity contribution >= 4 is 40.1 Å². The summed E-state index contributed by atoms with van der Waals surface area (Å²) in [6.07, 6.45) is 0.430. The highest BCUT2D eigenvalue weighted by molar-refractivity contribution is 6.22. The Morgan fingerprint density at radius 1 is 0.857 bits per heavy atom. The van der Waals surface area contributed by atoms with Crippen LogP contribution in [0.5, 0.6) is 0 Å². The van der Waals surface area contributed by atoms with Gasteiger partial charge in [-0.3, -0.25) is 14.5 Å². The van der Waals surface area contributed by atoms with Crippen molar-refractivity contribution in [3.05, 3.63) is 130 Å². The summed E-state index contributed by atoms with van der Waals surface area (Å²) < 4.78 is 0. The fourth-order valence-electron chi connectivity index (χ4n) is 6.19. The van der Waals surface area contributed by atoms with Gasteiger partial charge < -0.3 is 10.3 Å². The van der Waals surface area contributed by atoms with Gasteiger partial charge in [0, 0.05) is 34.3 Å². The molecule has 1 aromatic heterocycles. The van der Waals surface area contributed by atoms with Crippen molar-refractivity contribution in [2.45, 2.75) is 39.3 Å². The highest BCUT2D eigenvalue weighted by atomic mass is 16.2. The Hall–Kier alpha value is -5.17. The third-order valence-electron chi connectivity index (χ3n) is 8.59. The van der Waals surface area contributed by atoms with E-state index in [2.05, 4.69) is 16.4 Å². The number of benzene rings is 4. The lowest BCUT2D eigenvalue weighted by atomic mass is 9.88. The number of carbonyl (C=O) groups is 3. The second-order valence-corrected chi connectivity index (χ2v) is 11.3. The van der Waals surface area contributed by atoms with E-state index in [0.717, 1.165) is 44.4 Å². The third kappa shape index (κ3) is 4.08. The van der Waals surface area contributed by atoms with Gasteiger partial charge in [-0.05, 0) is 85.5 Å². The minimum absolute atomic E-state index is 0.258. The summed E-state index contributed by atoms with van der Waals surface area (Å²) >= 11 is 0. The molecule has 0 radical (unpaired) electrons. The van der Waals surface area contributed by atoms with Crippen LogP contribution in [0.1, 0.15) is 49.9 Å². The van der Waals surface area contributed by atoms with Crippen LogP contribution in [0.25, 0.3) is 10.9 Å². The van der Waals surface area contributed by atoms with Crippen LogP contribution in [0, 0.1) is 20.8 Å². The molecule has 7 heteroatoms. The maximum absolute atomic E-state index is 14.1. The summed E-state index contributed by atoms with van der Waals surface area (Å²) in [7, 11) is 0. The van der Waals surface area contributed by atoms with Crippen LogP contribution in [-0.4, -0.2) is 33.8 Å². The molecule has 208 valence electrons. The summed E-state index contributed by atoms with van der Waals surface area (Å²) in [5.74, 6) is -0.522. The number of imide groups is 1. The molecule has 0 saturated carbocycles. The Balaban J connectivity index is 1.22. The number of aromatic nitrogens is 1. The lowest BCUT2D eigenvalue weighted by Crippen LogP contribution is -2.44. The topological polar surface area (TPSA) is 85.5 Å². The SMILES string of the molecule is Cc1ccc(C2c3[nH]c4ccccc4c3C[C@H]3C(=O)N(c4ccc(C(=O)Nc5ccc(C)c(C)c5)cc4)C(=O)N23)cc1. The fraction of sp³-hybridized carbons (Fsp3) is 0.171. The quantitative estimate of drug-likeness (QED) is 0.239. The van der Waals surface area contributed by atoms with Crippen LogP contribution >= 0.6 is 0 Å². The van der Waals surface area contributed by atoms with Gasteiger partial charge in [0.2, 0.25) is 0 Å². The summed E-state index contributed by atoms with van der Waals surface area (Å²) in [4.78, 5) is 47.5. The number of nitrogens with one attached hydrogen (secondary N) is 2. The zero-order valence-corrected chi connectivity index (χ0v) is 23.6. The van der Waals surface area contributed by atoms with E-state index in [1.54, 1.807) is 29.2 Å². The zero-order valence-electron chi connectivity index (χ0n) is 23.6. The van der Waals surface area contributed by atoms with Crippen LogP contribution in [0.2, 0.25) is 0 Å². The van der Waals surface area contributed by atoms with Gasteiger partial charge in [-0.2, -0.15) is 0 Å². The maximum atomic E-state index is 14.1. The molecule has 2 aliphatic heterocycles. The number of fused-ring (bicyclic) bond motifs is 4. The number of H-pyrrole nitrogens is 1. The Morgan fingerprint density at radius 3 is 2.33 bits per heavy atom. The molecule has 0 spiro atoms. The number of hydrogen-bond acceptors (Lipinski definition) is 3. The first-order valence-corrected chi connectivity index (χ1v) is 14.1. The summed E-state index contributed by atoms with van der Waals surface area (Å²) in [5.41, 5.74) is 8.91. The van der Waals surface area contributed by atoms with E-state index in [1.165, 1.54) is 4.90 Å². The number of urea groups is 1. The van der Waals surface area contributed by atoms with E-state index >= 15 is 0 Å². The molecule has 7 nitrogen and oxygen atoms in total. The van der Waals surface area contributed by atoms with E-state index in [0.29, 0.717) is 23.4 Å². The van der Waals surface area contributed by atoms with Gasteiger partial charge in [-0.15, -0.1) is 0 Å². The van der Waals surface area contributed by atoms with Crippen molar-refractivity contribution in [2.24, 2.45) is 0 Å². The zero-order chi connectivity index (χ0) is 29.1. The van der Waals surface area contributed by atoms with Crippen molar-refractivity contribution in [3.63, 3.8) is 0 Å². The summed E-state index contributed by atoms with van der Waals surface area (Å²) in [5, 5.41) is 4.00. The van der Waals surface area contributed by atoms with Crippen molar-refractivity contribution in [2.75, 3.05) is 10.2 Å². The summed E-state index contributed by atoms with van der Waals surface area (Å²) in [6.45, 7) is 6.05. The number of rotatable bonds is 4. The second-order valence-electron chi connectivity index (χ2n) is 11.3. The van der Waals surface area contributed by atoms with Gasteiger partial charge in [0.15, 0.2) is 0 Å². The number of aromatic amines is 1. The van der Waals surface area contributed by atoms with Gasteiger partial charge >= 0.3 is 6.03 Å². The first-order chi connectivity index (χ1) is 20.3. The monoisotopic (exact) mass is 554 g/mol. The van der Waals surface area contributed by atoms with E-state index in [1.807, 2.05) is 81.4 Å². The molecule has 0 aliphatic carbocycles. The average molecular weight is 555 g/mol. The largest absolute Gasteiger partial charge is 0.356 e. The molecule has 2 aliphatic rings. The van der Waals surface area contributed by atoms with Gasteiger partial charge in [0.05, 0.1) is 5.69 Å².